The molecule has 2 aliphatic carbocycles. The van der Waals surface area contributed by atoms with E-state index in [9.17, 15) is 0 Å². The summed E-state index contributed by atoms with van der Waals surface area (Å²) in [5, 5.41) is 0. The molecule has 0 aliphatic heterocycles. The predicted molar refractivity (Wildman–Crippen MR) is 127 cm³/mol. The van der Waals surface area contributed by atoms with Crippen molar-refractivity contribution < 1.29 is 61.2 Å². The van der Waals surface area contributed by atoms with Crippen molar-refractivity contribution >= 4 is 7.74 Å². The van der Waals surface area contributed by atoms with Gasteiger partial charge in [0.05, 0.1) is 0 Å². The molecular formula is C28H24F8O2Ti. The molecule has 0 bridgehead atoms. The SMILES string of the molecule is CCOc1c(F)c(F)[c]([Ti]([C]2=C(C)C=CC2)([C]2=C(C)C=CC2)[c]2c(F)c(F)c(OCC)c(F)c2F)c(F)c1F. The summed E-state index contributed by atoms with van der Waals surface area (Å²) in [4.78, 5) is 0. The van der Waals surface area contributed by atoms with E-state index >= 15 is 35.1 Å². The number of hydrogen-bond donors (Lipinski definition) is 0. The van der Waals surface area contributed by atoms with Gasteiger partial charge in [-0.25, -0.2) is 0 Å². The van der Waals surface area contributed by atoms with Gasteiger partial charge < -0.3 is 0 Å². The fourth-order valence-electron chi connectivity index (χ4n) is 5.46. The minimum absolute atomic E-state index is 0.0644. The third-order valence-corrected chi connectivity index (χ3v) is 15.4. The van der Waals surface area contributed by atoms with Gasteiger partial charge in [0.1, 0.15) is 0 Å². The standard InChI is InChI=1S/2C8H5F4O.2C6H7.Ti/c2*1-2-13-8-6(11)4(9)3-5(10)7(8)12;2*1-6-4-2-3-5-6;/h2*2H2,1H3;2*2,4H,3H2,1H3;. The molecule has 0 atom stereocenters. The zero-order chi connectivity index (χ0) is 28.8. The van der Waals surface area contributed by atoms with Crippen molar-refractivity contribution in [3.05, 3.63) is 89.7 Å². The van der Waals surface area contributed by atoms with Gasteiger partial charge in [-0.15, -0.1) is 0 Å². The Kier molecular flexibility index (Phi) is 8.19. The second-order valence-electron chi connectivity index (χ2n) is 9.07. The normalized spacial score (nSPS) is 15.3. The van der Waals surface area contributed by atoms with E-state index in [1.54, 1.807) is 0 Å². The first-order valence-electron chi connectivity index (χ1n) is 12.2. The molecule has 0 heterocycles. The summed E-state index contributed by atoms with van der Waals surface area (Å²) >= 11 is -5.94. The molecule has 0 fully saturated rings. The van der Waals surface area contributed by atoms with Gasteiger partial charge in [-0.3, -0.25) is 0 Å². The van der Waals surface area contributed by atoms with Crippen LogP contribution in [0.4, 0.5) is 35.1 Å². The molecule has 0 saturated heterocycles. The van der Waals surface area contributed by atoms with E-state index in [1.807, 2.05) is 0 Å². The van der Waals surface area contributed by atoms with Crippen molar-refractivity contribution in [1.82, 2.24) is 0 Å². The van der Waals surface area contributed by atoms with Gasteiger partial charge in [0.25, 0.3) is 0 Å². The van der Waals surface area contributed by atoms with E-state index in [-0.39, 0.29) is 33.8 Å². The maximum atomic E-state index is 16.1. The van der Waals surface area contributed by atoms with Crippen LogP contribution in [0.5, 0.6) is 11.5 Å². The van der Waals surface area contributed by atoms with Crippen molar-refractivity contribution in [1.29, 1.82) is 0 Å². The van der Waals surface area contributed by atoms with Gasteiger partial charge in [0.2, 0.25) is 0 Å². The first-order chi connectivity index (χ1) is 18.5. The van der Waals surface area contributed by atoms with E-state index < -0.39 is 82.4 Å². The fraction of sp³-hybridized carbons (Fsp3) is 0.286. The molecule has 11 heteroatoms. The summed E-state index contributed by atoms with van der Waals surface area (Å²) in [6, 6.07) is 0. The third kappa shape index (κ3) is 4.27. The molecule has 4 rings (SSSR count). The number of benzene rings is 2. The molecule has 0 unspecified atom stereocenters. The van der Waals surface area contributed by atoms with Crippen LogP contribution in [0.1, 0.15) is 40.5 Å². The molecule has 0 aromatic heterocycles. The number of allylic oxidation sites excluding steroid dienone is 8. The number of hydrogen-bond acceptors (Lipinski definition) is 2. The Labute approximate surface area is 223 Å². The molecule has 0 saturated carbocycles. The summed E-state index contributed by atoms with van der Waals surface area (Å²) in [7, 11) is 0. The maximum absolute atomic E-state index is 16.1. The van der Waals surface area contributed by atoms with Crippen LogP contribution in [0.15, 0.2) is 43.2 Å². The number of rotatable bonds is 8. The van der Waals surface area contributed by atoms with Gasteiger partial charge in [0, 0.05) is 0 Å². The minimum atomic E-state index is -5.94. The monoisotopic (exact) mass is 592 g/mol. The van der Waals surface area contributed by atoms with E-state index in [2.05, 4.69) is 0 Å². The molecule has 2 aromatic rings. The summed E-state index contributed by atoms with van der Waals surface area (Å²) in [5.74, 6) is -18.1. The molecule has 0 spiro atoms. The van der Waals surface area contributed by atoms with Crippen LogP contribution in [0.3, 0.4) is 0 Å². The number of ether oxygens (including phenoxy) is 2. The van der Waals surface area contributed by atoms with Crippen molar-refractivity contribution in [2.45, 2.75) is 40.5 Å². The Balaban J connectivity index is 2.33. The zero-order valence-electron chi connectivity index (χ0n) is 21.5. The van der Waals surface area contributed by atoms with E-state index in [1.165, 1.54) is 52.0 Å². The molecule has 2 nitrogen and oxygen atoms in total. The van der Waals surface area contributed by atoms with Crippen LogP contribution in [0.25, 0.3) is 0 Å². The van der Waals surface area contributed by atoms with Crippen molar-refractivity contribution in [2.75, 3.05) is 13.2 Å². The Morgan fingerprint density at radius 2 is 0.872 bits per heavy atom. The molecule has 208 valence electrons. The van der Waals surface area contributed by atoms with Gasteiger partial charge in [-0.1, -0.05) is 0 Å². The molecule has 0 amide bonds. The zero-order valence-corrected chi connectivity index (χ0v) is 23.0. The Morgan fingerprint density at radius 3 is 1.10 bits per heavy atom. The molecule has 2 aromatic carbocycles. The first-order valence-corrected chi connectivity index (χ1v) is 15.3. The fourth-order valence-corrected chi connectivity index (χ4v) is 14.5. The van der Waals surface area contributed by atoms with Gasteiger partial charge in [-0.2, -0.15) is 0 Å². The molecule has 39 heavy (non-hydrogen) atoms. The Hall–Kier alpha value is -2.85. The second-order valence-corrected chi connectivity index (χ2v) is 14.9. The third-order valence-electron chi connectivity index (χ3n) is 7.01. The summed E-state index contributed by atoms with van der Waals surface area (Å²) < 4.78 is 133. The van der Waals surface area contributed by atoms with Crippen LogP contribution in [-0.4, -0.2) is 13.2 Å². The predicted octanol–water partition coefficient (Wildman–Crippen LogP) is 7.17. The van der Waals surface area contributed by atoms with Gasteiger partial charge in [0.15, 0.2) is 0 Å². The van der Waals surface area contributed by atoms with Crippen molar-refractivity contribution in [3.8, 4) is 11.5 Å². The van der Waals surface area contributed by atoms with E-state index in [4.69, 9.17) is 9.47 Å². The topological polar surface area (TPSA) is 18.5 Å². The Morgan fingerprint density at radius 1 is 0.564 bits per heavy atom. The van der Waals surface area contributed by atoms with Crippen LogP contribution in [-0.2, 0) is 16.6 Å². The summed E-state index contributed by atoms with van der Waals surface area (Å²) in [6.45, 7) is 4.95. The molecule has 2 aliphatic rings. The second kappa shape index (κ2) is 11.0. The summed E-state index contributed by atoms with van der Waals surface area (Å²) in [6.07, 6.45) is 5.87. The first kappa shape index (κ1) is 29.1. The average Bonchev–Trinajstić information content (AvgIpc) is 3.54. The van der Waals surface area contributed by atoms with Gasteiger partial charge >= 0.3 is 224 Å². The number of halogens is 8. The van der Waals surface area contributed by atoms with E-state index in [0.29, 0.717) is 11.1 Å². The quantitative estimate of drug-likeness (QED) is 0.184. The molecule has 0 N–H and O–H groups in total. The van der Waals surface area contributed by atoms with Crippen molar-refractivity contribution in [2.24, 2.45) is 0 Å². The Bertz CT molecular complexity index is 1320. The van der Waals surface area contributed by atoms with Crippen LogP contribution in [0, 0.1) is 46.5 Å². The average molecular weight is 592 g/mol. The van der Waals surface area contributed by atoms with Crippen molar-refractivity contribution in [3.63, 3.8) is 0 Å². The van der Waals surface area contributed by atoms with Crippen LogP contribution >= 0.6 is 0 Å². The molecule has 0 radical (unpaired) electrons. The van der Waals surface area contributed by atoms with Crippen LogP contribution < -0.4 is 17.2 Å². The van der Waals surface area contributed by atoms with Gasteiger partial charge in [-0.05, 0) is 0 Å². The van der Waals surface area contributed by atoms with Crippen LogP contribution in [0.2, 0.25) is 0 Å². The molecular weight excluding hydrogens is 568 g/mol. The van der Waals surface area contributed by atoms with E-state index in [0.717, 1.165) is 0 Å². The summed E-state index contributed by atoms with van der Waals surface area (Å²) in [5.41, 5.74) is 0.619.